The van der Waals surface area contributed by atoms with Gasteiger partial charge in [0.15, 0.2) is 11.5 Å². The Hall–Kier alpha value is -2.45. The third-order valence-corrected chi connectivity index (χ3v) is 6.40. The Morgan fingerprint density at radius 2 is 1.84 bits per heavy atom. The molecule has 0 amide bonds. The van der Waals surface area contributed by atoms with E-state index < -0.39 is 0 Å². The molecule has 164 valence electrons. The van der Waals surface area contributed by atoms with Crippen molar-refractivity contribution < 1.29 is 14.2 Å². The first-order chi connectivity index (χ1) is 15.3. The molecule has 4 rings (SSSR count). The summed E-state index contributed by atoms with van der Waals surface area (Å²) >= 11 is 1.64. The van der Waals surface area contributed by atoms with Crippen LogP contribution in [0, 0.1) is 0 Å². The predicted octanol–water partition coefficient (Wildman–Crippen LogP) is 3.99. The summed E-state index contributed by atoms with van der Waals surface area (Å²) in [4.78, 5) is 7.31. The van der Waals surface area contributed by atoms with Gasteiger partial charge in [-0.05, 0) is 23.8 Å². The predicted molar refractivity (Wildman–Crippen MR) is 124 cm³/mol. The summed E-state index contributed by atoms with van der Waals surface area (Å²) in [6.07, 6.45) is 0. The lowest BCUT2D eigenvalue weighted by atomic mass is 10.1. The van der Waals surface area contributed by atoms with Gasteiger partial charge < -0.3 is 19.5 Å². The Morgan fingerprint density at radius 3 is 2.58 bits per heavy atom. The maximum absolute atomic E-state index is 5.50. The van der Waals surface area contributed by atoms with Crippen molar-refractivity contribution >= 4 is 11.3 Å². The fourth-order valence-electron chi connectivity index (χ4n) is 3.73. The monoisotopic (exact) mass is 439 g/mol. The van der Waals surface area contributed by atoms with Crippen LogP contribution in [0.2, 0.25) is 0 Å². The van der Waals surface area contributed by atoms with Gasteiger partial charge in [0.05, 0.1) is 33.1 Å². The van der Waals surface area contributed by atoms with Crippen LogP contribution in [0.15, 0.2) is 53.9 Å². The summed E-state index contributed by atoms with van der Waals surface area (Å²) in [7, 11) is 3.29. The van der Waals surface area contributed by atoms with Crippen molar-refractivity contribution in [2.45, 2.75) is 12.6 Å². The molecule has 1 aliphatic heterocycles. The highest BCUT2D eigenvalue weighted by molar-refractivity contribution is 7.13. The average molecular weight is 440 g/mol. The minimum absolute atomic E-state index is 0.241. The van der Waals surface area contributed by atoms with Crippen molar-refractivity contribution in [1.82, 2.24) is 15.2 Å². The van der Waals surface area contributed by atoms with Gasteiger partial charge in [-0.2, -0.15) is 0 Å². The second-order valence-corrected chi connectivity index (χ2v) is 8.33. The number of hydrogen-bond donors (Lipinski definition) is 1. The Kier molecular flexibility index (Phi) is 7.53. The molecule has 1 aromatic heterocycles. The number of nitrogens with one attached hydrogen (secondary N) is 1. The number of aromatic nitrogens is 1. The largest absolute Gasteiger partial charge is 0.493 e. The third kappa shape index (κ3) is 5.62. The van der Waals surface area contributed by atoms with Crippen LogP contribution in [-0.4, -0.2) is 57.0 Å². The maximum Gasteiger partial charge on any atom is 0.161 e. The topological polar surface area (TPSA) is 55.9 Å². The molecule has 1 saturated heterocycles. The quantitative estimate of drug-likeness (QED) is 0.544. The van der Waals surface area contributed by atoms with Gasteiger partial charge in [0, 0.05) is 43.2 Å². The number of ether oxygens (including phenoxy) is 3. The van der Waals surface area contributed by atoms with Crippen molar-refractivity contribution in [3.05, 3.63) is 65.2 Å². The summed E-state index contributed by atoms with van der Waals surface area (Å²) in [5.74, 6) is 1.43. The number of morpholine rings is 1. The van der Waals surface area contributed by atoms with E-state index >= 15 is 0 Å². The van der Waals surface area contributed by atoms with Gasteiger partial charge in [0.2, 0.25) is 0 Å². The maximum atomic E-state index is 5.50. The van der Waals surface area contributed by atoms with Gasteiger partial charge in [0.25, 0.3) is 0 Å². The smallest absolute Gasteiger partial charge is 0.161 e. The van der Waals surface area contributed by atoms with Crippen molar-refractivity contribution in [2.75, 3.05) is 47.1 Å². The molecule has 6 nitrogen and oxygen atoms in total. The van der Waals surface area contributed by atoms with E-state index in [0.717, 1.165) is 54.9 Å². The molecular formula is C24H29N3O3S. The molecular weight excluding hydrogens is 410 g/mol. The minimum Gasteiger partial charge on any atom is -0.493 e. The third-order valence-electron chi connectivity index (χ3n) is 5.46. The molecule has 31 heavy (non-hydrogen) atoms. The summed E-state index contributed by atoms with van der Waals surface area (Å²) in [6.45, 7) is 5.24. The van der Waals surface area contributed by atoms with E-state index in [4.69, 9.17) is 19.2 Å². The standard InChI is InChI=1S/C24H29N3O3S/c1-28-22-9-8-19(14-23(22)29-2)24-26-20(17-31-24)15-25-21(18-6-4-3-5-7-18)16-27-10-12-30-13-11-27/h3-9,14,17,21,25H,10-13,15-16H2,1-2H3. The Bertz CT molecular complexity index is 958. The molecule has 2 aromatic carbocycles. The van der Waals surface area contributed by atoms with Gasteiger partial charge in [-0.25, -0.2) is 4.98 Å². The number of rotatable bonds is 9. The normalized spacial score (nSPS) is 15.5. The van der Waals surface area contributed by atoms with Crippen LogP contribution < -0.4 is 14.8 Å². The van der Waals surface area contributed by atoms with E-state index in [1.165, 1.54) is 5.56 Å². The summed E-state index contributed by atoms with van der Waals surface area (Å²) in [5, 5.41) is 6.82. The zero-order valence-electron chi connectivity index (χ0n) is 18.0. The van der Waals surface area contributed by atoms with Crippen LogP contribution in [-0.2, 0) is 11.3 Å². The average Bonchev–Trinajstić information content (AvgIpc) is 3.31. The Morgan fingerprint density at radius 1 is 1.06 bits per heavy atom. The number of thiazole rings is 1. The molecule has 1 atom stereocenters. The molecule has 2 heterocycles. The molecule has 0 bridgehead atoms. The number of benzene rings is 2. The lowest BCUT2D eigenvalue weighted by Gasteiger charge is -2.31. The van der Waals surface area contributed by atoms with E-state index in [1.807, 2.05) is 18.2 Å². The highest BCUT2D eigenvalue weighted by Crippen LogP contribution is 2.33. The fraction of sp³-hybridized carbons (Fsp3) is 0.375. The number of nitrogens with zero attached hydrogens (tertiary/aromatic N) is 2. The van der Waals surface area contributed by atoms with Gasteiger partial charge in [-0.3, -0.25) is 4.90 Å². The van der Waals surface area contributed by atoms with Gasteiger partial charge >= 0.3 is 0 Å². The van der Waals surface area contributed by atoms with Gasteiger partial charge in [0.1, 0.15) is 5.01 Å². The van der Waals surface area contributed by atoms with Crippen LogP contribution in [0.4, 0.5) is 0 Å². The highest BCUT2D eigenvalue weighted by atomic mass is 32.1. The van der Waals surface area contributed by atoms with Crippen molar-refractivity contribution in [3.63, 3.8) is 0 Å². The van der Waals surface area contributed by atoms with Crippen LogP contribution in [0.5, 0.6) is 11.5 Å². The Balaban J connectivity index is 1.45. The van der Waals surface area contributed by atoms with Crippen molar-refractivity contribution in [3.8, 4) is 22.1 Å². The molecule has 7 heteroatoms. The number of methoxy groups -OCH3 is 2. The van der Waals surface area contributed by atoms with Gasteiger partial charge in [-0.15, -0.1) is 11.3 Å². The first-order valence-electron chi connectivity index (χ1n) is 10.5. The van der Waals surface area contributed by atoms with E-state index in [1.54, 1.807) is 25.6 Å². The lowest BCUT2D eigenvalue weighted by Crippen LogP contribution is -2.41. The molecule has 1 N–H and O–H groups in total. The van der Waals surface area contributed by atoms with E-state index in [9.17, 15) is 0 Å². The highest BCUT2D eigenvalue weighted by Gasteiger charge is 2.18. The second-order valence-electron chi connectivity index (χ2n) is 7.47. The van der Waals surface area contributed by atoms with E-state index in [2.05, 4.69) is 45.9 Å². The molecule has 1 unspecified atom stereocenters. The lowest BCUT2D eigenvalue weighted by molar-refractivity contribution is 0.0333. The second kappa shape index (κ2) is 10.7. The van der Waals surface area contributed by atoms with Crippen LogP contribution >= 0.6 is 11.3 Å². The summed E-state index contributed by atoms with van der Waals surface area (Å²) in [6, 6.07) is 16.8. The SMILES string of the molecule is COc1ccc(-c2nc(CNC(CN3CCOCC3)c3ccccc3)cs2)cc1OC. The molecule has 1 fully saturated rings. The zero-order valence-corrected chi connectivity index (χ0v) is 18.9. The number of hydrogen-bond acceptors (Lipinski definition) is 7. The minimum atomic E-state index is 0.241. The summed E-state index contributed by atoms with van der Waals surface area (Å²) in [5.41, 5.74) is 3.36. The molecule has 1 aliphatic rings. The van der Waals surface area contributed by atoms with E-state index in [-0.39, 0.29) is 6.04 Å². The molecule has 0 spiro atoms. The van der Waals surface area contributed by atoms with Gasteiger partial charge in [-0.1, -0.05) is 30.3 Å². The molecule has 0 aliphatic carbocycles. The molecule has 0 radical (unpaired) electrons. The van der Waals surface area contributed by atoms with E-state index in [0.29, 0.717) is 12.3 Å². The van der Waals surface area contributed by atoms with Crippen molar-refractivity contribution in [1.29, 1.82) is 0 Å². The molecule has 3 aromatic rings. The first-order valence-corrected chi connectivity index (χ1v) is 11.4. The van der Waals surface area contributed by atoms with Crippen LogP contribution in [0.25, 0.3) is 10.6 Å². The fourth-order valence-corrected chi connectivity index (χ4v) is 4.55. The molecule has 0 saturated carbocycles. The summed E-state index contributed by atoms with van der Waals surface area (Å²) < 4.78 is 16.3. The Labute approximate surface area is 187 Å². The zero-order chi connectivity index (χ0) is 21.5. The first kappa shape index (κ1) is 21.8. The van der Waals surface area contributed by atoms with Crippen molar-refractivity contribution in [2.24, 2.45) is 0 Å². The van der Waals surface area contributed by atoms with Crippen LogP contribution in [0.3, 0.4) is 0 Å². The van der Waals surface area contributed by atoms with Crippen LogP contribution in [0.1, 0.15) is 17.3 Å².